The molecule has 0 heterocycles. The van der Waals surface area contributed by atoms with Gasteiger partial charge in [0.25, 0.3) is 0 Å². The van der Waals surface area contributed by atoms with Gasteiger partial charge in [0.05, 0.1) is 0 Å². The fourth-order valence-electron chi connectivity index (χ4n) is 0.610. The number of hydrogen-bond acceptors (Lipinski definition) is 0. The Morgan fingerprint density at radius 2 is 2.22 bits per heavy atom. The van der Waals surface area contributed by atoms with E-state index in [4.69, 9.17) is 0 Å². The van der Waals surface area contributed by atoms with Crippen molar-refractivity contribution in [2.24, 2.45) is 0 Å². The minimum absolute atomic E-state index is 1.10. The smallest absolute Gasteiger partial charge is 0.0374 e. The zero-order chi connectivity index (χ0) is 7.11. The zero-order valence-corrected chi connectivity index (χ0v) is 6.22. The van der Waals surface area contributed by atoms with Crippen LogP contribution in [0.15, 0.2) is 36.5 Å². The Labute approximate surface area is 57.6 Å². The molecule has 0 aromatic heterocycles. The number of allylic oxidation sites excluding steroid dienone is 5. The van der Waals surface area contributed by atoms with Gasteiger partial charge in [-0.2, -0.15) is 0 Å². The van der Waals surface area contributed by atoms with Crippen molar-refractivity contribution in [2.75, 3.05) is 0 Å². The van der Waals surface area contributed by atoms with Crippen molar-refractivity contribution in [1.29, 1.82) is 0 Å². The average molecular weight is 122 g/mol. The van der Waals surface area contributed by atoms with Crippen LogP contribution in [0.25, 0.3) is 0 Å². The van der Waals surface area contributed by atoms with Crippen molar-refractivity contribution in [1.82, 2.24) is 0 Å². The largest absolute Gasteiger partial charge is 0.0991 e. The normalized spacial score (nSPS) is 12.4. The molecular formula is C9H14. The lowest BCUT2D eigenvalue weighted by Gasteiger charge is -1.85. The fraction of sp³-hybridized carbons (Fsp3) is 0.333. The standard InChI is InChI=1S/C9H14/c1-4-6-8-9(3)7-5-2/h4,6-8H,1,5H2,2-3H3/b8-6-,9-7-. The highest BCUT2D eigenvalue weighted by atomic mass is 13.8. The van der Waals surface area contributed by atoms with Gasteiger partial charge >= 0.3 is 0 Å². The highest BCUT2D eigenvalue weighted by Crippen LogP contribution is 1.95. The van der Waals surface area contributed by atoms with Gasteiger partial charge in [0.2, 0.25) is 0 Å². The fourth-order valence-corrected chi connectivity index (χ4v) is 0.610. The van der Waals surface area contributed by atoms with E-state index in [0.717, 1.165) is 6.42 Å². The van der Waals surface area contributed by atoms with Crippen LogP contribution in [0.5, 0.6) is 0 Å². The predicted molar refractivity (Wildman–Crippen MR) is 43.4 cm³/mol. The first-order chi connectivity index (χ1) is 4.31. The molecule has 0 unspecified atom stereocenters. The van der Waals surface area contributed by atoms with Crippen LogP contribution in [0.2, 0.25) is 0 Å². The van der Waals surface area contributed by atoms with Crippen LogP contribution in [0, 0.1) is 0 Å². The second-order valence-electron chi connectivity index (χ2n) is 1.95. The lowest BCUT2D eigenvalue weighted by atomic mass is 10.2. The molecule has 0 aromatic rings. The Hall–Kier alpha value is -0.780. The molecule has 0 saturated heterocycles. The maximum absolute atomic E-state index is 3.58. The van der Waals surface area contributed by atoms with E-state index in [2.05, 4.69) is 32.6 Å². The van der Waals surface area contributed by atoms with E-state index in [0.29, 0.717) is 0 Å². The zero-order valence-electron chi connectivity index (χ0n) is 6.22. The molecule has 0 aliphatic heterocycles. The van der Waals surface area contributed by atoms with Crippen LogP contribution in [0.1, 0.15) is 20.3 Å². The molecule has 0 heteroatoms. The Kier molecular flexibility index (Phi) is 4.89. The second kappa shape index (κ2) is 5.36. The summed E-state index contributed by atoms with van der Waals surface area (Å²) in [7, 11) is 0. The summed E-state index contributed by atoms with van der Waals surface area (Å²) in [6.07, 6.45) is 9.07. The first-order valence-corrected chi connectivity index (χ1v) is 3.27. The summed E-state index contributed by atoms with van der Waals surface area (Å²) in [5.74, 6) is 0. The maximum atomic E-state index is 3.58. The molecule has 0 rings (SSSR count). The molecule has 0 aliphatic carbocycles. The van der Waals surface area contributed by atoms with Gasteiger partial charge in [0.15, 0.2) is 0 Å². The average Bonchev–Trinajstić information content (AvgIpc) is 1.85. The van der Waals surface area contributed by atoms with Gasteiger partial charge in [-0.25, -0.2) is 0 Å². The summed E-state index contributed by atoms with van der Waals surface area (Å²) in [5.41, 5.74) is 1.30. The molecule has 9 heavy (non-hydrogen) atoms. The molecule has 0 nitrogen and oxygen atoms in total. The molecule has 0 aliphatic rings. The van der Waals surface area contributed by atoms with Crippen molar-refractivity contribution < 1.29 is 0 Å². The third-order valence-electron chi connectivity index (χ3n) is 1.02. The van der Waals surface area contributed by atoms with Crippen molar-refractivity contribution in [3.8, 4) is 0 Å². The van der Waals surface area contributed by atoms with Gasteiger partial charge in [-0.15, -0.1) is 0 Å². The van der Waals surface area contributed by atoms with E-state index in [1.807, 2.05) is 6.08 Å². The van der Waals surface area contributed by atoms with Crippen LogP contribution in [0.3, 0.4) is 0 Å². The van der Waals surface area contributed by atoms with E-state index in [1.165, 1.54) is 5.57 Å². The van der Waals surface area contributed by atoms with Crippen LogP contribution in [0.4, 0.5) is 0 Å². The molecule has 0 spiro atoms. The van der Waals surface area contributed by atoms with Crippen molar-refractivity contribution >= 4 is 0 Å². The lowest BCUT2D eigenvalue weighted by Crippen LogP contribution is -1.64. The van der Waals surface area contributed by atoms with Crippen molar-refractivity contribution in [3.05, 3.63) is 36.5 Å². The topological polar surface area (TPSA) is 0 Å². The molecule has 0 saturated carbocycles. The summed E-state index contributed by atoms with van der Waals surface area (Å²) < 4.78 is 0. The molecule has 0 aromatic carbocycles. The summed E-state index contributed by atoms with van der Waals surface area (Å²) >= 11 is 0. The molecule has 0 N–H and O–H groups in total. The van der Waals surface area contributed by atoms with Crippen molar-refractivity contribution in [3.63, 3.8) is 0 Å². The minimum atomic E-state index is 1.10. The predicted octanol–water partition coefficient (Wildman–Crippen LogP) is 3.08. The third kappa shape index (κ3) is 5.09. The van der Waals surface area contributed by atoms with Gasteiger partial charge in [0, 0.05) is 0 Å². The first-order valence-electron chi connectivity index (χ1n) is 3.27. The molecule has 0 radical (unpaired) electrons. The summed E-state index contributed by atoms with van der Waals surface area (Å²) in [5, 5.41) is 0. The van der Waals surface area contributed by atoms with E-state index >= 15 is 0 Å². The van der Waals surface area contributed by atoms with Crippen LogP contribution in [-0.2, 0) is 0 Å². The van der Waals surface area contributed by atoms with E-state index in [9.17, 15) is 0 Å². The van der Waals surface area contributed by atoms with E-state index in [-0.39, 0.29) is 0 Å². The molecule has 0 amide bonds. The SMILES string of the molecule is C=C/C=C\C(C)=C/CC. The van der Waals surface area contributed by atoms with Crippen LogP contribution < -0.4 is 0 Å². The number of hydrogen-bond donors (Lipinski definition) is 0. The number of rotatable bonds is 3. The Bertz CT molecular complexity index is 127. The van der Waals surface area contributed by atoms with E-state index in [1.54, 1.807) is 6.08 Å². The van der Waals surface area contributed by atoms with Crippen LogP contribution >= 0.6 is 0 Å². The molecule has 0 bridgehead atoms. The highest BCUT2D eigenvalue weighted by Gasteiger charge is 1.74. The Morgan fingerprint density at radius 1 is 1.56 bits per heavy atom. The molecule has 50 valence electrons. The van der Waals surface area contributed by atoms with E-state index < -0.39 is 0 Å². The molecule has 0 fully saturated rings. The van der Waals surface area contributed by atoms with Gasteiger partial charge in [0.1, 0.15) is 0 Å². The quantitative estimate of drug-likeness (QED) is 0.504. The van der Waals surface area contributed by atoms with Gasteiger partial charge in [-0.1, -0.05) is 43.4 Å². The summed E-state index contributed by atoms with van der Waals surface area (Å²) in [6, 6.07) is 0. The summed E-state index contributed by atoms with van der Waals surface area (Å²) in [6.45, 7) is 7.80. The second-order valence-corrected chi connectivity index (χ2v) is 1.95. The molecular weight excluding hydrogens is 108 g/mol. The Morgan fingerprint density at radius 3 is 2.67 bits per heavy atom. The van der Waals surface area contributed by atoms with Crippen molar-refractivity contribution in [2.45, 2.75) is 20.3 Å². The lowest BCUT2D eigenvalue weighted by molar-refractivity contribution is 1.20. The minimum Gasteiger partial charge on any atom is -0.0991 e. The van der Waals surface area contributed by atoms with Gasteiger partial charge in [-0.05, 0) is 13.3 Å². The monoisotopic (exact) mass is 122 g/mol. The van der Waals surface area contributed by atoms with Crippen LogP contribution in [-0.4, -0.2) is 0 Å². The molecule has 0 atom stereocenters. The highest BCUT2D eigenvalue weighted by molar-refractivity contribution is 5.18. The summed E-state index contributed by atoms with van der Waals surface area (Å²) in [4.78, 5) is 0. The van der Waals surface area contributed by atoms with Gasteiger partial charge in [-0.3, -0.25) is 0 Å². The maximum Gasteiger partial charge on any atom is -0.0374 e. The third-order valence-corrected chi connectivity index (χ3v) is 1.02. The van der Waals surface area contributed by atoms with Gasteiger partial charge < -0.3 is 0 Å². The Balaban J connectivity index is 3.74. The first kappa shape index (κ1) is 8.22.